The van der Waals surface area contributed by atoms with E-state index >= 15 is 0 Å². The van der Waals surface area contributed by atoms with Gasteiger partial charge in [-0.3, -0.25) is 0 Å². The van der Waals surface area contributed by atoms with Crippen molar-refractivity contribution in [3.63, 3.8) is 0 Å². The van der Waals surface area contributed by atoms with Gasteiger partial charge in [-0.05, 0) is 26.7 Å². The molecule has 0 fully saturated rings. The van der Waals surface area contributed by atoms with Crippen LogP contribution in [0.1, 0.15) is 26.7 Å². The zero-order chi connectivity index (χ0) is 11.0. The molecule has 0 heterocycles. The van der Waals surface area contributed by atoms with E-state index in [1.807, 2.05) is 13.8 Å². The Labute approximate surface area is 93.1 Å². The van der Waals surface area contributed by atoms with Crippen molar-refractivity contribution in [2.45, 2.75) is 32.2 Å². The van der Waals surface area contributed by atoms with Crippen molar-refractivity contribution >= 4 is 22.0 Å². The second-order valence-corrected chi connectivity index (χ2v) is 4.51. The minimum atomic E-state index is -0.976. The average Bonchev–Trinajstić information content (AvgIpc) is 2.01. The Balaban J connectivity index is 3.50. The fraction of sp³-hybridized carbons (Fsp3) is 0.889. The molecule has 1 amide bonds. The van der Waals surface area contributed by atoms with Crippen molar-refractivity contribution < 1.29 is 14.6 Å². The number of halogens is 1. The SMILES string of the molecule is CC(C)(CCCOCCBr)NC(=O)O. The van der Waals surface area contributed by atoms with Crippen molar-refractivity contribution in [3.8, 4) is 0 Å². The molecule has 0 aliphatic heterocycles. The molecule has 0 aromatic rings. The highest BCUT2D eigenvalue weighted by molar-refractivity contribution is 9.09. The van der Waals surface area contributed by atoms with Gasteiger partial charge in [0.15, 0.2) is 0 Å². The molecule has 0 unspecified atom stereocenters. The van der Waals surface area contributed by atoms with Crippen LogP contribution in [0.4, 0.5) is 4.79 Å². The van der Waals surface area contributed by atoms with E-state index in [1.54, 1.807) is 0 Å². The largest absolute Gasteiger partial charge is 0.465 e. The highest BCUT2D eigenvalue weighted by atomic mass is 79.9. The Morgan fingerprint density at radius 3 is 2.64 bits per heavy atom. The Hall–Kier alpha value is -0.290. The first kappa shape index (κ1) is 13.7. The van der Waals surface area contributed by atoms with Gasteiger partial charge in [0.1, 0.15) is 0 Å². The van der Waals surface area contributed by atoms with Crippen molar-refractivity contribution in [2.24, 2.45) is 0 Å². The van der Waals surface area contributed by atoms with Gasteiger partial charge < -0.3 is 15.2 Å². The van der Waals surface area contributed by atoms with Crippen LogP contribution in [0.15, 0.2) is 0 Å². The summed E-state index contributed by atoms with van der Waals surface area (Å²) in [7, 11) is 0. The van der Waals surface area contributed by atoms with Crippen LogP contribution < -0.4 is 5.32 Å². The van der Waals surface area contributed by atoms with E-state index in [-0.39, 0.29) is 5.54 Å². The normalized spacial score (nSPS) is 11.4. The molecule has 84 valence electrons. The number of nitrogens with one attached hydrogen (secondary N) is 1. The fourth-order valence-electron chi connectivity index (χ4n) is 1.12. The van der Waals surface area contributed by atoms with E-state index in [0.29, 0.717) is 13.2 Å². The molecular formula is C9H18BrNO3. The van der Waals surface area contributed by atoms with Crippen molar-refractivity contribution in [1.82, 2.24) is 5.32 Å². The van der Waals surface area contributed by atoms with Gasteiger partial charge >= 0.3 is 6.09 Å². The van der Waals surface area contributed by atoms with Crippen LogP contribution in [0.25, 0.3) is 0 Å². The van der Waals surface area contributed by atoms with Gasteiger partial charge in [-0.15, -0.1) is 0 Å². The Kier molecular flexibility index (Phi) is 6.92. The monoisotopic (exact) mass is 267 g/mol. The Morgan fingerprint density at radius 2 is 2.14 bits per heavy atom. The van der Waals surface area contributed by atoms with Gasteiger partial charge in [-0.25, -0.2) is 4.79 Å². The lowest BCUT2D eigenvalue weighted by atomic mass is 9.99. The van der Waals surface area contributed by atoms with Crippen LogP contribution in [0.2, 0.25) is 0 Å². The minimum absolute atomic E-state index is 0.371. The Morgan fingerprint density at radius 1 is 1.50 bits per heavy atom. The van der Waals surface area contributed by atoms with Gasteiger partial charge in [0.2, 0.25) is 0 Å². The summed E-state index contributed by atoms with van der Waals surface area (Å²) in [5.74, 6) is 0. The zero-order valence-electron chi connectivity index (χ0n) is 8.68. The number of carbonyl (C=O) groups is 1. The molecule has 0 saturated heterocycles. The molecule has 0 rings (SSSR count). The fourth-order valence-corrected chi connectivity index (χ4v) is 1.35. The van der Waals surface area contributed by atoms with Crippen molar-refractivity contribution in [1.29, 1.82) is 0 Å². The number of alkyl halides is 1. The van der Waals surface area contributed by atoms with Crippen LogP contribution in [0.3, 0.4) is 0 Å². The maximum absolute atomic E-state index is 10.4. The quantitative estimate of drug-likeness (QED) is 0.550. The van der Waals surface area contributed by atoms with E-state index in [0.717, 1.165) is 18.2 Å². The molecule has 0 aliphatic rings. The lowest BCUT2D eigenvalue weighted by Crippen LogP contribution is -2.42. The molecule has 0 aromatic carbocycles. The smallest absolute Gasteiger partial charge is 0.405 e. The van der Waals surface area contributed by atoms with Crippen molar-refractivity contribution in [2.75, 3.05) is 18.5 Å². The number of carboxylic acid groups (broad SMARTS) is 1. The summed E-state index contributed by atoms with van der Waals surface area (Å²) in [6.45, 7) is 5.11. The van der Waals surface area contributed by atoms with Crippen LogP contribution >= 0.6 is 15.9 Å². The zero-order valence-corrected chi connectivity index (χ0v) is 10.3. The molecule has 14 heavy (non-hydrogen) atoms. The van der Waals surface area contributed by atoms with Gasteiger partial charge in [0, 0.05) is 17.5 Å². The topological polar surface area (TPSA) is 58.6 Å². The number of amides is 1. The molecule has 0 radical (unpaired) electrons. The van der Waals surface area contributed by atoms with Gasteiger partial charge in [0.05, 0.1) is 6.61 Å². The number of hydrogen-bond donors (Lipinski definition) is 2. The molecule has 0 aromatic heterocycles. The molecule has 4 nitrogen and oxygen atoms in total. The second-order valence-electron chi connectivity index (χ2n) is 3.72. The molecule has 0 bridgehead atoms. The average molecular weight is 268 g/mol. The predicted molar refractivity (Wildman–Crippen MR) is 59.1 cm³/mol. The molecule has 5 heteroatoms. The summed E-state index contributed by atoms with van der Waals surface area (Å²) in [6.07, 6.45) is 0.665. The van der Waals surface area contributed by atoms with E-state index in [9.17, 15) is 4.79 Å². The standard InChI is InChI=1S/C9H18BrNO3/c1-9(2,11-8(12)13)4-3-6-14-7-5-10/h11H,3-7H2,1-2H3,(H,12,13). The maximum Gasteiger partial charge on any atom is 0.405 e. The van der Waals surface area contributed by atoms with Crippen LogP contribution in [0.5, 0.6) is 0 Å². The summed E-state index contributed by atoms with van der Waals surface area (Å²) in [6, 6.07) is 0. The van der Waals surface area contributed by atoms with Gasteiger partial charge in [-0.1, -0.05) is 15.9 Å². The van der Waals surface area contributed by atoms with E-state index < -0.39 is 6.09 Å². The third-order valence-corrected chi connectivity index (χ3v) is 2.08. The lowest BCUT2D eigenvalue weighted by molar-refractivity contribution is 0.136. The second kappa shape index (κ2) is 7.06. The first-order valence-electron chi connectivity index (χ1n) is 4.63. The maximum atomic E-state index is 10.4. The molecule has 0 spiro atoms. The predicted octanol–water partition coefficient (Wildman–Crippen LogP) is 2.22. The molecule has 0 saturated carbocycles. The number of ether oxygens (including phenoxy) is 1. The summed E-state index contributed by atoms with van der Waals surface area (Å²) in [5.41, 5.74) is -0.371. The third-order valence-electron chi connectivity index (χ3n) is 1.76. The summed E-state index contributed by atoms with van der Waals surface area (Å²) in [5, 5.41) is 11.8. The first-order valence-corrected chi connectivity index (χ1v) is 5.75. The third kappa shape index (κ3) is 8.31. The molecule has 0 aliphatic carbocycles. The van der Waals surface area contributed by atoms with Crippen LogP contribution in [-0.4, -0.2) is 35.3 Å². The Bertz CT molecular complexity index is 173. The summed E-state index contributed by atoms with van der Waals surface area (Å²) < 4.78 is 5.26. The van der Waals surface area contributed by atoms with Crippen LogP contribution in [0, 0.1) is 0 Å². The molecule has 2 N–H and O–H groups in total. The van der Waals surface area contributed by atoms with Gasteiger partial charge in [0.25, 0.3) is 0 Å². The number of rotatable bonds is 7. The van der Waals surface area contributed by atoms with E-state index in [4.69, 9.17) is 9.84 Å². The van der Waals surface area contributed by atoms with E-state index in [2.05, 4.69) is 21.2 Å². The highest BCUT2D eigenvalue weighted by Gasteiger charge is 2.18. The number of hydrogen-bond acceptors (Lipinski definition) is 2. The molecular weight excluding hydrogens is 250 g/mol. The minimum Gasteiger partial charge on any atom is -0.465 e. The van der Waals surface area contributed by atoms with Crippen molar-refractivity contribution in [3.05, 3.63) is 0 Å². The van der Waals surface area contributed by atoms with Crippen LogP contribution in [-0.2, 0) is 4.74 Å². The summed E-state index contributed by atoms with van der Waals surface area (Å²) in [4.78, 5) is 10.4. The lowest BCUT2D eigenvalue weighted by Gasteiger charge is -2.24. The van der Waals surface area contributed by atoms with E-state index in [1.165, 1.54) is 0 Å². The highest BCUT2D eigenvalue weighted by Crippen LogP contribution is 2.10. The van der Waals surface area contributed by atoms with Gasteiger partial charge in [-0.2, -0.15) is 0 Å². The molecule has 0 atom stereocenters. The summed E-state index contributed by atoms with van der Waals surface area (Å²) >= 11 is 3.26. The first-order chi connectivity index (χ1) is 6.48.